The second-order valence-electron chi connectivity index (χ2n) is 4.91. The smallest absolute Gasteiger partial charge is 0.354 e. The van der Waals surface area contributed by atoms with Crippen LogP contribution in [0.5, 0.6) is 0 Å². The largest absolute Gasteiger partial charge is 0.464 e. The summed E-state index contributed by atoms with van der Waals surface area (Å²) >= 11 is 13.2. The van der Waals surface area contributed by atoms with Crippen molar-refractivity contribution in [1.29, 1.82) is 0 Å². The SMILES string of the molecule is COC(=O)c1cc(-c2csc(NC(=O)c3cc(Cl)ccc3Cl)n2)c[nH]1. The Hall–Kier alpha value is -2.35. The number of carbonyl (C=O) groups is 2. The number of esters is 1. The summed E-state index contributed by atoms with van der Waals surface area (Å²) in [7, 11) is 1.31. The van der Waals surface area contributed by atoms with Gasteiger partial charge in [0.2, 0.25) is 0 Å². The normalized spacial score (nSPS) is 10.5. The highest BCUT2D eigenvalue weighted by Gasteiger charge is 2.15. The lowest BCUT2D eigenvalue weighted by molar-refractivity contribution is 0.0594. The molecule has 1 aromatic carbocycles. The van der Waals surface area contributed by atoms with Crippen molar-refractivity contribution in [1.82, 2.24) is 9.97 Å². The average Bonchev–Trinajstić information content (AvgIpc) is 3.25. The van der Waals surface area contributed by atoms with Crippen LogP contribution in [-0.2, 0) is 4.74 Å². The third-order valence-corrected chi connectivity index (χ3v) is 4.60. The maximum atomic E-state index is 12.3. The summed E-state index contributed by atoms with van der Waals surface area (Å²) in [5.41, 5.74) is 1.91. The number of ether oxygens (including phenoxy) is 1. The van der Waals surface area contributed by atoms with E-state index in [4.69, 9.17) is 23.2 Å². The van der Waals surface area contributed by atoms with Gasteiger partial charge in [0.05, 0.1) is 23.4 Å². The van der Waals surface area contributed by atoms with Crippen molar-refractivity contribution in [2.45, 2.75) is 0 Å². The van der Waals surface area contributed by atoms with Crippen LogP contribution in [0.3, 0.4) is 0 Å². The Morgan fingerprint density at radius 3 is 2.84 bits per heavy atom. The minimum absolute atomic E-state index is 0.264. The third kappa shape index (κ3) is 3.84. The van der Waals surface area contributed by atoms with E-state index >= 15 is 0 Å². The molecule has 6 nitrogen and oxygen atoms in total. The Bertz CT molecular complexity index is 952. The first-order valence-electron chi connectivity index (χ1n) is 6.97. The number of benzene rings is 1. The number of rotatable bonds is 4. The summed E-state index contributed by atoms with van der Waals surface area (Å²) in [6, 6.07) is 6.27. The van der Waals surface area contributed by atoms with Crippen LogP contribution in [0.1, 0.15) is 20.8 Å². The van der Waals surface area contributed by atoms with Crippen molar-refractivity contribution in [2.75, 3.05) is 12.4 Å². The van der Waals surface area contributed by atoms with E-state index in [-0.39, 0.29) is 5.56 Å². The average molecular weight is 396 g/mol. The molecule has 0 saturated heterocycles. The molecule has 2 N–H and O–H groups in total. The van der Waals surface area contributed by atoms with E-state index in [1.54, 1.807) is 29.8 Å². The van der Waals surface area contributed by atoms with E-state index in [0.29, 0.717) is 32.1 Å². The molecule has 0 fully saturated rings. The summed E-state index contributed by atoms with van der Waals surface area (Å²) in [4.78, 5) is 30.9. The molecular formula is C16H11Cl2N3O3S. The van der Waals surface area contributed by atoms with Gasteiger partial charge in [0.25, 0.3) is 5.91 Å². The monoisotopic (exact) mass is 395 g/mol. The Morgan fingerprint density at radius 1 is 1.28 bits per heavy atom. The van der Waals surface area contributed by atoms with Crippen LogP contribution in [0.4, 0.5) is 5.13 Å². The number of aromatic nitrogens is 2. The first-order chi connectivity index (χ1) is 12.0. The third-order valence-electron chi connectivity index (χ3n) is 3.28. The van der Waals surface area contributed by atoms with E-state index in [0.717, 1.165) is 0 Å². The number of amides is 1. The summed E-state index contributed by atoms with van der Waals surface area (Å²) in [5.74, 6) is -0.872. The predicted octanol–water partition coefficient (Wildman–Crippen LogP) is 4.48. The summed E-state index contributed by atoms with van der Waals surface area (Å²) < 4.78 is 4.64. The fourth-order valence-corrected chi connectivity index (χ4v) is 3.16. The number of H-pyrrole nitrogens is 1. The van der Waals surface area contributed by atoms with E-state index in [9.17, 15) is 9.59 Å². The minimum atomic E-state index is -0.467. The lowest BCUT2D eigenvalue weighted by Crippen LogP contribution is -2.12. The number of nitrogens with one attached hydrogen (secondary N) is 2. The van der Waals surface area contributed by atoms with Crippen LogP contribution in [0.15, 0.2) is 35.8 Å². The highest BCUT2D eigenvalue weighted by molar-refractivity contribution is 7.14. The minimum Gasteiger partial charge on any atom is -0.464 e. The molecule has 128 valence electrons. The molecule has 0 bridgehead atoms. The summed E-state index contributed by atoms with van der Waals surface area (Å²) in [5, 5.41) is 5.56. The molecule has 0 unspecified atom stereocenters. The molecule has 3 rings (SSSR count). The molecule has 0 saturated carbocycles. The zero-order valence-corrected chi connectivity index (χ0v) is 15.1. The molecule has 0 aliphatic carbocycles. The van der Waals surface area contributed by atoms with Crippen LogP contribution >= 0.6 is 34.5 Å². The molecular weight excluding hydrogens is 385 g/mol. The Balaban J connectivity index is 1.77. The number of anilines is 1. The van der Waals surface area contributed by atoms with Crippen LogP contribution in [0.2, 0.25) is 10.0 Å². The first kappa shape index (κ1) is 17.5. The maximum Gasteiger partial charge on any atom is 0.354 e. The van der Waals surface area contributed by atoms with Gasteiger partial charge in [-0.3, -0.25) is 10.1 Å². The van der Waals surface area contributed by atoms with Gasteiger partial charge in [0, 0.05) is 22.2 Å². The lowest BCUT2D eigenvalue weighted by atomic mass is 10.2. The zero-order chi connectivity index (χ0) is 18.0. The predicted molar refractivity (Wildman–Crippen MR) is 97.7 cm³/mol. The molecule has 9 heteroatoms. The molecule has 0 spiro atoms. The molecule has 2 heterocycles. The van der Waals surface area contributed by atoms with Gasteiger partial charge in [-0.2, -0.15) is 0 Å². The molecule has 25 heavy (non-hydrogen) atoms. The van der Waals surface area contributed by atoms with Gasteiger partial charge in [-0.25, -0.2) is 9.78 Å². The standard InChI is InChI=1S/C16H11Cl2N3O3S/c1-24-15(23)12-4-8(6-19-12)13-7-25-16(20-13)21-14(22)10-5-9(17)2-3-11(10)18/h2-7,19H,1H3,(H,20,21,22). The Labute approximate surface area is 156 Å². The topological polar surface area (TPSA) is 84.1 Å². The van der Waals surface area contributed by atoms with Gasteiger partial charge in [-0.1, -0.05) is 23.2 Å². The molecule has 0 radical (unpaired) electrons. The molecule has 2 aromatic heterocycles. The quantitative estimate of drug-likeness (QED) is 0.637. The van der Waals surface area contributed by atoms with Crippen molar-refractivity contribution in [2.24, 2.45) is 0 Å². The molecule has 0 aliphatic rings. The maximum absolute atomic E-state index is 12.3. The number of halogens is 2. The summed E-state index contributed by atoms with van der Waals surface area (Å²) in [6.45, 7) is 0. The zero-order valence-electron chi connectivity index (χ0n) is 12.8. The van der Waals surface area contributed by atoms with Crippen LogP contribution < -0.4 is 5.32 Å². The number of carbonyl (C=O) groups excluding carboxylic acids is 2. The number of aromatic amines is 1. The van der Waals surface area contributed by atoms with E-state index in [2.05, 4.69) is 20.0 Å². The van der Waals surface area contributed by atoms with Crippen molar-refractivity contribution in [3.63, 3.8) is 0 Å². The van der Waals surface area contributed by atoms with Crippen molar-refractivity contribution in [3.8, 4) is 11.3 Å². The molecule has 0 aliphatic heterocycles. The second kappa shape index (κ2) is 7.26. The van der Waals surface area contributed by atoms with Gasteiger partial charge >= 0.3 is 5.97 Å². The number of thiazole rings is 1. The van der Waals surface area contributed by atoms with Crippen molar-refractivity contribution < 1.29 is 14.3 Å². The van der Waals surface area contributed by atoms with Crippen molar-refractivity contribution in [3.05, 3.63) is 57.1 Å². The van der Waals surface area contributed by atoms with E-state index < -0.39 is 11.9 Å². The Morgan fingerprint density at radius 2 is 2.08 bits per heavy atom. The second-order valence-corrected chi connectivity index (χ2v) is 6.61. The number of hydrogen-bond donors (Lipinski definition) is 2. The summed E-state index contributed by atoms with van der Waals surface area (Å²) in [6.07, 6.45) is 1.64. The van der Waals surface area contributed by atoms with Gasteiger partial charge in [0.15, 0.2) is 5.13 Å². The van der Waals surface area contributed by atoms with Gasteiger partial charge in [-0.05, 0) is 24.3 Å². The highest BCUT2D eigenvalue weighted by atomic mass is 35.5. The number of nitrogens with zero attached hydrogens (tertiary/aromatic N) is 1. The molecule has 1 amide bonds. The fraction of sp³-hybridized carbons (Fsp3) is 0.0625. The van der Waals surface area contributed by atoms with E-state index in [1.807, 2.05) is 0 Å². The molecule has 0 atom stereocenters. The van der Waals surface area contributed by atoms with E-state index in [1.165, 1.54) is 24.5 Å². The number of hydrogen-bond acceptors (Lipinski definition) is 5. The van der Waals surface area contributed by atoms with Gasteiger partial charge < -0.3 is 9.72 Å². The van der Waals surface area contributed by atoms with Gasteiger partial charge in [-0.15, -0.1) is 11.3 Å². The number of methoxy groups -OCH3 is 1. The van der Waals surface area contributed by atoms with Crippen LogP contribution in [0, 0.1) is 0 Å². The Kier molecular flexibility index (Phi) is 5.08. The first-order valence-corrected chi connectivity index (χ1v) is 8.60. The van der Waals surface area contributed by atoms with Crippen molar-refractivity contribution >= 4 is 51.5 Å². The lowest BCUT2D eigenvalue weighted by Gasteiger charge is -2.04. The van der Waals surface area contributed by atoms with Crippen LogP contribution in [-0.4, -0.2) is 29.0 Å². The van der Waals surface area contributed by atoms with Crippen LogP contribution in [0.25, 0.3) is 11.3 Å². The molecule has 3 aromatic rings. The highest BCUT2D eigenvalue weighted by Crippen LogP contribution is 2.27. The fourth-order valence-electron chi connectivity index (χ4n) is 2.07. The van der Waals surface area contributed by atoms with Gasteiger partial charge in [0.1, 0.15) is 5.69 Å².